The Morgan fingerprint density at radius 1 is 0.824 bits per heavy atom. The minimum absolute atomic E-state index is 0.161. The molecule has 2 fully saturated rings. The third-order valence-corrected chi connectivity index (χ3v) is 6.88. The summed E-state index contributed by atoms with van der Waals surface area (Å²) in [5.41, 5.74) is 0.962. The van der Waals surface area contributed by atoms with Gasteiger partial charge in [-0.2, -0.15) is 0 Å². The van der Waals surface area contributed by atoms with E-state index >= 15 is 0 Å². The zero-order valence-corrected chi connectivity index (χ0v) is 19.4. The number of nitro benzene ring substituents is 1. The molecule has 172 valence electrons. The molecule has 0 aliphatic carbocycles. The largest absolute Gasteiger partial charge is 0.273 e. The van der Waals surface area contributed by atoms with Crippen LogP contribution in [-0.2, 0) is 14.4 Å². The lowest BCUT2D eigenvalue weighted by Crippen LogP contribution is -2.37. The third kappa shape index (κ3) is 3.59. The highest BCUT2D eigenvalue weighted by molar-refractivity contribution is 6.42. The van der Waals surface area contributed by atoms with E-state index < -0.39 is 34.8 Å². The number of hydrogen-bond donors (Lipinski definition) is 0. The standard InChI is InChI=1S/C23H14Cl3N3O5/c24-16-7-2-1-6-15(16)20-19-21(34-28(20)13-4-3-5-14(10-13)29(32)33)23(31)27(22(19)30)12-8-9-17(25)18(26)11-12/h1-11,19-21H/t19-,20-,21+/m1/s1. The van der Waals surface area contributed by atoms with Crippen molar-refractivity contribution < 1.29 is 19.3 Å². The maximum absolute atomic E-state index is 13.6. The zero-order valence-electron chi connectivity index (χ0n) is 17.1. The van der Waals surface area contributed by atoms with E-state index in [1.807, 2.05) is 0 Å². The number of hydroxylamine groups is 1. The van der Waals surface area contributed by atoms with Crippen LogP contribution in [0.1, 0.15) is 11.6 Å². The third-order valence-electron chi connectivity index (χ3n) is 5.80. The van der Waals surface area contributed by atoms with Gasteiger partial charge in [0.1, 0.15) is 5.92 Å². The van der Waals surface area contributed by atoms with Gasteiger partial charge in [-0.1, -0.05) is 59.1 Å². The predicted octanol–water partition coefficient (Wildman–Crippen LogP) is 5.61. The Bertz CT molecular complexity index is 1350. The summed E-state index contributed by atoms with van der Waals surface area (Å²) in [6, 6.07) is 16.3. The SMILES string of the molecule is O=C1[C@H]2[C@H](ON(c3cccc([N+](=O)[O-])c3)[C@@H]2c2ccccc2Cl)C(=O)N1c1ccc(Cl)c(Cl)c1. The normalized spacial score (nSPS) is 21.8. The average molecular weight is 519 g/mol. The fraction of sp³-hybridized carbons (Fsp3) is 0.130. The number of hydrogen-bond acceptors (Lipinski definition) is 6. The van der Waals surface area contributed by atoms with Gasteiger partial charge >= 0.3 is 0 Å². The predicted molar refractivity (Wildman–Crippen MR) is 127 cm³/mol. The number of carbonyl (C=O) groups excluding carboxylic acids is 2. The summed E-state index contributed by atoms with van der Waals surface area (Å²) in [5, 5.41) is 13.5. The van der Waals surface area contributed by atoms with Crippen LogP contribution < -0.4 is 9.96 Å². The molecule has 5 rings (SSSR count). The van der Waals surface area contributed by atoms with Gasteiger partial charge in [-0.25, -0.2) is 9.96 Å². The molecule has 11 heteroatoms. The monoisotopic (exact) mass is 517 g/mol. The number of imide groups is 1. The van der Waals surface area contributed by atoms with E-state index in [2.05, 4.69) is 0 Å². The number of benzene rings is 3. The van der Waals surface area contributed by atoms with Crippen molar-refractivity contribution in [2.45, 2.75) is 12.1 Å². The Kier molecular flexibility index (Phi) is 5.69. The van der Waals surface area contributed by atoms with Gasteiger partial charge in [-0.05, 0) is 35.9 Å². The fourth-order valence-electron chi connectivity index (χ4n) is 4.29. The lowest BCUT2D eigenvalue weighted by atomic mass is 9.90. The van der Waals surface area contributed by atoms with Crippen LogP contribution in [0.15, 0.2) is 66.7 Å². The Morgan fingerprint density at radius 2 is 1.59 bits per heavy atom. The number of nitro groups is 1. The van der Waals surface area contributed by atoms with Gasteiger partial charge in [0, 0.05) is 17.2 Å². The summed E-state index contributed by atoms with van der Waals surface area (Å²) < 4.78 is 0. The Labute approximate surface area is 208 Å². The van der Waals surface area contributed by atoms with E-state index in [-0.39, 0.29) is 21.4 Å². The second-order valence-electron chi connectivity index (χ2n) is 7.73. The molecular formula is C23H14Cl3N3O5. The Balaban J connectivity index is 1.61. The number of non-ortho nitro benzene ring substituents is 1. The van der Waals surface area contributed by atoms with Crippen LogP contribution in [0.25, 0.3) is 0 Å². The summed E-state index contributed by atoms with van der Waals surface area (Å²) in [6.07, 6.45) is -1.16. The maximum Gasteiger partial charge on any atom is 0.271 e. The van der Waals surface area contributed by atoms with Gasteiger partial charge in [0.25, 0.3) is 11.6 Å². The van der Waals surface area contributed by atoms with Crippen LogP contribution in [0.2, 0.25) is 15.1 Å². The summed E-state index contributed by atoms with van der Waals surface area (Å²) in [6.45, 7) is 0. The number of anilines is 2. The number of amides is 2. The van der Waals surface area contributed by atoms with E-state index in [1.165, 1.54) is 41.5 Å². The molecule has 8 nitrogen and oxygen atoms in total. The van der Waals surface area contributed by atoms with E-state index in [0.717, 1.165) is 4.90 Å². The quantitative estimate of drug-likeness (QED) is 0.253. The molecule has 0 N–H and O–H groups in total. The zero-order chi connectivity index (χ0) is 24.1. The van der Waals surface area contributed by atoms with Crippen molar-refractivity contribution in [3.8, 4) is 0 Å². The Morgan fingerprint density at radius 3 is 2.29 bits per heavy atom. The Hall–Kier alpha value is -3.17. The average Bonchev–Trinajstić information content (AvgIpc) is 3.32. The van der Waals surface area contributed by atoms with Crippen molar-refractivity contribution in [1.82, 2.24) is 0 Å². The van der Waals surface area contributed by atoms with Gasteiger partial charge in [0.05, 0.1) is 32.4 Å². The first-order chi connectivity index (χ1) is 16.3. The minimum atomic E-state index is -1.16. The number of rotatable bonds is 4. The number of halogens is 3. The van der Waals surface area contributed by atoms with Gasteiger partial charge in [0.15, 0.2) is 6.10 Å². The van der Waals surface area contributed by atoms with Crippen LogP contribution >= 0.6 is 34.8 Å². The lowest BCUT2D eigenvalue weighted by Gasteiger charge is -2.29. The van der Waals surface area contributed by atoms with Crippen LogP contribution in [0.3, 0.4) is 0 Å². The molecule has 2 heterocycles. The van der Waals surface area contributed by atoms with Gasteiger partial charge in [-0.15, -0.1) is 0 Å². The van der Waals surface area contributed by atoms with Gasteiger partial charge in [-0.3, -0.25) is 24.5 Å². The maximum atomic E-state index is 13.6. The first kappa shape index (κ1) is 22.6. The van der Waals surface area contributed by atoms with E-state index in [4.69, 9.17) is 39.6 Å². The smallest absolute Gasteiger partial charge is 0.271 e. The molecule has 2 aliphatic heterocycles. The minimum Gasteiger partial charge on any atom is -0.273 e. The summed E-state index contributed by atoms with van der Waals surface area (Å²) in [5.74, 6) is -2.05. The molecular weight excluding hydrogens is 505 g/mol. The van der Waals surface area contributed by atoms with Crippen molar-refractivity contribution in [3.63, 3.8) is 0 Å². The van der Waals surface area contributed by atoms with Crippen LogP contribution in [0, 0.1) is 16.0 Å². The fourth-order valence-corrected chi connectivity index (χ4v) is 4.83. The molecule has 0 bridgehead atoms. The highest BCUT2D eigenvalue weighted by atomic mass is 35.5. The van der Waals surface area contributed by atoms with E-state index in [0.29, 0.717) is 16.3 Å². The molecule has 34 heavy (non-hydrogen) atoms. The van der Waals surface area contributed by atoms with Gasteiger partial charge < -0.3 is 0 Å². The lowest BCUT2D eigenvalue weighted by molar-refractivity contribution is -0.384. The molecule has 0 aromatic heterocycles. The highest BCUT2D eigenvalue weighted by Crippen LogP contribution is 2.49. The molecule has 0 unspecified atom stereocenters. The van der Waals surface area contributed by atoms with Crippen LogP contribution in [0.4, 0.5) is 17.1 Å². The second-order valence-corrected chi connectivity index (χ2v) is 8.95. The van der Waals surface area contributed by atoms with Gasteiger partial charge in [0.2, 0.25) is 5.91 Å². The number of fused-ring (bicyclic) bond motifs is 1. The summed E-state index contributed by atoms with van der Waals surface area (Å²) in [4.78, 5) is 44.8. The topological polar surface area (TPSA) is 93.0 Å². The first-order valence-corrected chi connectivity index (χ1v) is 11.2. The molecule has 3 aromatic rings. The molecule has 0 radical (unpaired) electrons. The van der Waals surface area contributed by atoms with Crippen LogP contribution in [-0.4, -0.2) is 22.8 Å². The molecule has 3 atom stereocenters. The highest BCUT2D eigenvalue weighted by Gasteiger charge is 2.60. The van der Waals surface area contributed by atoms with Crippen molar-refractivity contribution in [1.29, 1.82) is 0 Å². The van der Waals surface area contributed by atoms with Crippen molar-refractivity contribution >= 4 is 63.7 Å². The molecule has 2 aliphatic rings. The number of nitrogens with zero attached hydrogens (tertiary/aromatic N) is 3. The molecule has 2 saturated heterocycles. The van der Waals surface area contributed by atoms with E-state index in [9.17, 15) is 19.7 Å². The molecule has 3 aromatic carbocycles. The van der Waals surface area contributed by atoms with Crippen molar-refractivity contribution in [3.05, 3.63) is 97.5 Å². The van der Waals surface area contributed by atoms with E-state index in [1.54, 1.807) is 30.3 Å². The van der Waals surface area contributed by atoms with Crippen LogP contribution in [0.5, 0.6) is 0 Å². The second kappa shape index (κ2) is 8.56. The molecule has 0 saturated carbocycles. The number of carbonyl (C=O) groups is 2. The van der Waals surface area contributed by atoms with Crippen molar-refractivity contribution in [2.75, 3.05) is 9.96 Å². The van der Waals surface area contributed by atoms with Crippen molar-refractivity contribution in [2.24, 2.45) is 5.92 Å². The summed E-state index contributed by atoms with van der Waals surface area (Å²) >= 11 is 18.6. The first-order valence-electron chi connectivity index (χ1n) is 10.1. The molecule has 0 spiro atoms. The summed E-state index contributed by atoms with van der Waals surface area (Å²) in [7, 11) is 0. The molecule has 2 amide bonds.